The van der Waals surface area contributed by atoms with Crippen LogP contribution in [0.1, 0.15) is 12.5 Å². The number of anilines is 1. The number of nitrogens with one attached hydrogen (secondary N) is 1. The Labute approximate surface area is 149 Å². The fourth-order valence-corrected chi connectivity index (χ4v) is 2.47. The third kappa shape index (κ3) is 4.54. The fourth-order valence-electron chi connectivity index (χ4n) is 1.95. The van der Waals surface area contributed by atoms with E-state index in [9.17, 15) is 4.79 Å². The predicted octanol–water partition coefficient (Wildman–Crippen LogP) is 4.28. The Balaban J connectivity index is 2.10. The van der Waals surface area contributed by atoms with Gasteiger partial charge in [0.05, 0.1) is 18.7 Å². The van der Waals surface area contributed by atoms with Gasteiger partial charge in [-0.1, -0.05) is 23.2 Å². The summed E-state index contributed by atoms with van der Waals surface area (Å²) < 4.78 is 10.8. The number of carbonyl (C=O) groups is 1. The summed E-state index contributed by atoms with van der Waals surface area (Å²) in [5.41, 5.74) is 0.907. The molecule has 0 aliphatic heterocycles. The van der Waals surface area contributed by atoms with E-state index in [1.807, 2.05) is 6.07 Å². The molecule has 0 aliphatic rings. The van der Waals surface area contributed by atoms with Crippen molar-refractivity contribution in [3.8, 4) is 17.6 Å². The van der Waals surface area contributed by atoms with Gasteiger partial charge in [-0.3, -0.25) is 4.79 Å². The topological polar surface area (TPSA) is 71.3 Å². The van der Waals surface area contributed by atoms with Crippen molar-refractivity contribution in [2.75, 3.05) is 12.4 Å². The molecule has 2 aromatic carbocycles. The summed E-state index contributed by atoms with van der Waals surface area (Å²) in [6.45, 7) is 1.60. The first kappa shape index (κ1) is 17.9. The second kappa shape index (κ2) is 7.91. The quantitative estimate of drug-likeness (QED) is 0.859. The van der Waals surface area contributed by atoms with Crippen molar-refractivity contribution in [1.82, 2.24) is 0 Å². The SMILES string of the molecule is COc1cc(C#N)ccc1O[C@H](C)C(=O)Nc1cc(Cl)cc(Cl)c1. The van der Waals surface area contributed by atoms with Crippen LogP contribution < -0.4 is 14.8 Å². The maximum Gasteiger partial charge on any atom is 0.265 e. The van der Waals surface area contributed by atoms with Crippen molar-refractivity contribution in [1.29, 1.82) is 5.26 Å². The number of benzene rings is 2. The number of amides is 1. The van der Waals surface area contributed by atoms with Gasteiger partial charge in [-0.25, -0.2) is 0 Å². The Bertz CT molecular complexity index is 783. The maximum absolute atomic E-state index is 12.2. The minimum absolute atomic E-state index is 0.364. The zero-order valence-electron chi connectivity index (χ0n) is 13.0. The Morgan fingerprint density at radius 1 is 1.17 bits per heavy atom. The van der Waals surface area contributed by atoms with Gasteiger partial charge in [0.25, 0.3) is 5.91 Å². The van der Waals surface area contributed by atoms with E-state index in [-0.39, 0.29) is 5.91 Å². The third-order valence-electron chi connectivity index (χ3n) is 3.10. The number of methoxy groups -OCH3 is 1. The second-order valence-corrected chi connectivity index (χ2v) is 5.76. The molecular weight excluding hydrogens is 351 g/mol. The highest BCUT2D eigenvalue weighted by Gasteiger charge is 2.17. The lowest BCUT2D eigenvalue weighted by Crippen LogP contribution is -2.30. The summed E-state index contributed by atoms with van der Waals surface area (Å²) in [6, 6.07) is 11.4. The molecule has 1 amide bonds. The van der Waals surface area contributed by atoms with E-state index in [1.165, 1.54) is 13.2 Å². The molecule has 1 N–H and O–H groups in total. The van der Waals surface area contributed by atoms with Crippen molar-refractivity contribution in [2.45, 2.75) is 13.0 Å². The van der Waals surface area contributed by atoms with Crippen LogP contribution in [0.2, 0.25) is 10.0 Å². The van der Waals surface area contributed by atoms with E-state index >= 15 is 0 Å². The smallest absolute Gasteiger partial charge is 0.265 e. The largest absolute Gasteiger partial charge is 0.493 e. The van der Waals surface area contributed by atoms with Crippen LogP contribution in [-0.4, -0.2) is 19.1 Å². The van der Waals surface area contributed by atoms with Crippen LogP contribution >= 0.6 is 23.2 Å². The predicted molar refractivity (Wildman–Crippen MR) is 92.9 cm³/mol. The summed E-state index contributed by atoms with van der Waals surface area (Å²) in [7, 11) is 1.46. The van der Waals surface area contributed by atoms with Crippen molar-refractivity contribution in [2.24, 2.45) is 0 Å². The van der Waals surface area contributed by atoms with Crippen molar-refractivity contribution < 1.29 is 14.3 Å². The highest BCUT2D eigenvalue weighted by Crippen LogP contribution is 2.29. The molecular formula is C17H14Cl2N2O3. The average Bonchev–Trinajstić information content (AvgIpc) is 2.54. The molecule has 2 aromatic rings. The van der Waals surface area contributed by atoms with Gasteiger partial charge in [0.15, 0.2) is 17.6 Å². The van der Waals surface area contributed by atoms with Gasteiger partial charge in [-0.2, -0.15) is 5.26 Å². The molecule has 0 saturated carbocycles. The van der Waals surface area contributed by atoms with Crippen LogP contribution in [-0.2, 0) is 4.79 Å². The molecule has 0 saturated heterocycles. The molecule has 0 aliphatic carbocycles. The lowest BCUT2D eigenvalue weighted by atomic mass is 10.2. The van der Waals surface area contributed by atoms with Crippen LogP contribution in [0.4, 0.5) is 5.69 Å². The molecule has 0 radical (unpaired) electrons. The first-order chi connectivity index (χ1) is 11.4. The highest BCUT2D eigenvalue weighted by molar-refractivity contribution is 6.35. The summed E-state index contributed by atoms with van der Waals surface area (Å²) in [5.74, 6) is 0.363. The molecule has 7 heteroatoms. The van der Waals surface area contributed by atoms with E-state index in [0.717, 1.165) is 0 Å². The van der Waals surface area contributed by atoms with Gasteiger partial charge in [0, 0.05) is 21.8 Å². The monoisotopic (exact) mass is 364 g/mol. The molecule has 0 aromatic heterocycles. The zero-order valence-corrected chi connectivity index (χ0v) is 14.5. The molecule has 124 valence electrons. The minimum Gasteiger partial charge on any atom is -0.493 e. The number of nitrogens with zero attached hydrogens (tertiary/aromatic N) is 1. The van der Waals surface area contributed by atoms with E-state index in [2.05, 4.69) is 5.32 Å². The van der Waals surface area contributed by atoms with Crippen LogP contribution in [0.3, 0.4) is 0 Å². The van der Waals surface area contributed by atoms with Crippen molar-refractivity contribution in [3.63, 3.8) is 0 Å². The summed E-state index contributed by atoms with van der Waals surface area (Å²) in [6.07, 6.45) is -0.801. The zero-order chi connectivity index (χ0) is 17.7. The van der Waals surface area contributed by atoms with E-state index in [0.29, 0.717) is 32.8 Å². The average molecular weight is 365 g/mol. The molecule has 2 rings (SSSR count). The third-order valence-corrected chi connectivity index (χ3v) is 3.53. The first-order valence-corrected chi connectivity index (χ1v) is 7.70. The number of carbonyl (C=O) groups excluding carboxylic acids is 1. The summed E-state index contributed by atoms with van der Waals surface area (Å²) in [4.78, 5) is 12.2. The highest BCUT2D eigenvalue weighted by atomic mass is 35.5. The Morgan fingerprint density at radius 3 is 2.42 bits per heavy atom. The van der Waals surface area contributed by atoms with Gasteiger partial charge >= 0.3 is 0 Å². The van der Waals surface area contributed by atoms with Crippen molar-refractivity contribution >= 4 is 34.8 Å². The number of ether oxygens (including phenoxy) is 2. The van der Waals surface area contributed by atoms with Gasteiger partial charge in [-0.05, 0) is 37.3 Å². The molecule has 0 spiro atoms. The van der Waals surface area contributed by atoms with Crippen LogP contribution in [0.25, 0.3) is 0 Å². The van der Waals surface area contributed by atoms with Gasteiger partial charge in [0.2, 0.25) is 0 Å². The Morgan fingerprint density at radius 2 is 1.83 bits per heavy atom. The van der Waals surface area contributed by atoms with Gasteiger partial charge < -0.3 is 14.8 Å². The van der Waals surface area contributed by atoms with Crippen LogP contribution in [0.15, 0.2) is 36.4 Å². The van der Waals surface area contributed by atoms with Crippen molar-refractivity contribution in [3.05, 3.63) is 52.0 Å². The Hall–Kier alpha value is -2.42. The maximum atomic E-state index is 12.2. The van der Waals surface area contributed by atoms with E-state index in [4.69, 9.17) is 37.9 Å². The first-order valence-electron chi connectivity index (χ1n) is 6.94. The number of hydrogen-bond donors (Lipinski definition) is 1. The summed E-state index contributed by atoms with van der Waals surface area (Å²) >= 11 is 11.8. The second-order valence-electron chi connectivity index (χ2n) is 4.88. The normalized spacial score (nSPS) is 11.3. The molecule has 5 nitrogen and oxygen atoms in total. The molecule has 0 heterocycles. The minimum atomic E-state index is -0.801. The number of halogens is 2. The molecule has 0 bridgehead atoms. The number of nitriles is 1. The summed E-state index contributed by atoms with van der Waals surface area (Å²) in [5, 5.41) is 12.4. The standard InChI is InChI=1S/C17H14Cl2N2O3/c1-10(17(22)21-14-7-12(18)6-13(19)8-14)24-15-4-3-11(9-20)5-16(15)23-2/h3-8,10H,1-2H3,(H,21,22)/t10-/m1/s1. The Kier molecular flexibility index (Phi) is 5.91. The molecule has 24 heavy (non-hydrogen) atoms. The molecule has 0 fully saturated rings. The molecule has 0 unspecified atom stereocenters. The lowest BCUT2D eigenvalue weighted by Gasteiger charge is -2.17. The van der Waals surface area contributed by atoms with Gasteiger partial charge in [0.1, 0.15) is 0 Å². The van der Waals surface area contributed by atoms with Gasteiger partial charge in [-0.15, -0.1) is 0 Å². The van der Waals surface area contributed by atoms with E-state index in [1.54, 1.807) is 37.3 Å². The molecule has 1 atom stereocenters. The van der Waals surface area contributed by atoms with Crippen LogP contribution in [0.5, 0.6) is 11.5 Å². The number of rotatable bonds is 5. The van der Waals surface area contributed by atoms with Crippen LogP contribution in [0, 0.1) is 11.3 Å². The lowest BCUT2D eigenvalue weighted by molar-refractivity contribution is -0.122. The fraction of sp³-hybridized carbons (Fsp3) is 0.176. The number of hydrogen-bond acceptors (Lipinski definition) is 4. The van der Waals surface area contributed by atoms with E-state index < -0.39 is 6.10 Å².